The molecule has 4 aliphatic rings. The van der Waals surface area contributed by atoms with Gasteiger partial charge in [-0.15, -0.1) is 0 Å². The van der Waals surface area contributed by atoms with E-state index in [0.29, 0.717) is 30.8 Å². The highest BCUT2D eigenvalue weighted by molar-refractivity contribution is 5.92. The number of ketones is 1. The molecule has 0 radical (unpaired) electrons. The van der Waals surface area contributed by atoms with Crippen LogP contribution in [0.5, 0.6) is 0 Å². The second-order valence-corrected chi connectivity index (χ2v) is 9.37. The maximum Gasteiger partial charge on any atom is 0.302 e. The van der Waals surface area contributed by atoms with Crippen molar-refractivity contribution >= 4 is 17.7 Å². The number of carbonyl (C=O) groups is 3. The zero-order valence-electron chi connectivity index (χ0n) is 17.0. The van der Waals surface area contributed by atoms with Crippen molar-refractivity contribution in [2.75, 3.05) is 6.61 Å². The van der Waals surface area contributed by atoms with Crippen LogP contribution in [-0.2, 0) is 23.9 Å². The summed E-state index contributed by atoms with van der Waals surface area (Å²) in [6.45, 7) is 5.57. The molecule has 0 aromatic carbocycles. The molecule has 0 N–H and O–H groups in total. The molecule has 4 rings (SSSR count). The summed E-state index contributed by atoms with van der Waals surface area (Å²) >= 11 is 0. The monoisotopic (exact) mass is 386 g/mol. The molecule has 0 saturated heterocycles. The van der Waals surface area contributed by atoms with Crippen molar-refractivity contribution in [3.8, 4) is 0 Å². The number of ether oxygens (including phenoxy) is 2. The Balaban J connectivity index is 1.69. The number of hydrogen-bond acceptors (Lipinski definition) is 5. The van der Waals surface area contributed by atoms with E-state index in [2.05, 4.69) is 19.1 Å². The molecule has 6 atom stereocenters. The van der Waals surface area contributed by atoms with Gasteiger partial charge in [0.15, 0.2) is 5.78 Å². The van der Waals surface area contributed by atoms with E-state index in [0.717, 1.165) is 37.7 Å². The highest BCUT2D eigenvalue weighted by Crippen LogP contribution is 2.64. The first-order valence-corrected chi connectivity index (χ1v) is 10.5. The Hall–Kier alpha value is -1.91. The molecule has 5 nitrogen and oxygen atoms in total. The van der Waals surface area contributed by atoms with Crippen LogP contribution in [0.25, 0.3) is 0 Å². The van der Waals surface area contributed by atoms with Crippen LogP contribution < -0.4 is 0 Å². The fraction of sp³-hybridized carbons (Fsp3) is 0.696. The molecular formula is C23H30O5. The third-order valence-electron chi connectivity index (χ3n) is 8.00. The van der Waals surface area contributed by atoms with Gasteiger partial charge < -0.3 is 9.47 Å². The molecule has 0 aromatic rings. The quantitative estimate of drug-likeness (QED) is 0.691. The number of rotatable bonds is 3. The summed E-state index contributed by atoms with van der Waals surface area (Å²) in [5.41, 5.74) is 0.759. The Kier molecular flexibility index (Phi) is 4.75. The van der Waals surface area contributed by atoms with Crippen LogP contribution in [-0.4, -0.2) is 30.4 Å². The molecule has 0 heterocycles. The predicted octanol–water partition coefficient (Wildman–Crippen LogP) is 3.77. The smallest absolute Gasteiger partial charge is 0.302 e. The van der Waals surface area contributed by atoms with Gasteiger partial charge in [-0.2, -0.15) is 0 Å². The second-order valence-electron chi connectivity index (χ2n) is 9.37. The van der Waals surface area contributed by atoms with E-state index in [4.69, 9.17) is 9.47 Å². The van der Waals surface area contributed by atoms with Crippen LogP contribution in [0.3, 0.4) is 0 Å². The van der Waals surface area contributed by atoms with Gasteiger partial charge in [-0.1, -0.05) is 19.1 Å². The summed E-state index contributed by atoms with van der Waals surface area (Å²) in [5.74, 6) is 0.850. The highest BCUT2D eigenvalue weighted by atomic mass is 16.5. The Morgan fingerprint density at radius 3 is 2.61 bits per heavy atom. The number of allylic oxidation sites excluding steroid dienone is 3. The van der Waals surface area contributed by atoms with E-state index >= 15 is 0 Å². The summed E-state index contributed by atoms with van der Waals surface area (Å²) < 4.78 is 11.2. The average Bonchev–Trinajstić information content (AvgIpc) is 2.96. The first-order valence-electron chi connectivity index (χ1n) is 10.5. The van der Waals surface area contributed by atoms with E-state index in [1.54, 1.807) is 6.08 Å². The molecule has 0 aromatic heterocycles. The van der Waals surface area contributed by atoms with Crippen LogP contribution in [0.2, 0.25) is 0 Å². The van der Waals surface area contributed by atoms with Crippen molar-refractivity contribution in [2.45, 2.75) is 65.4 Å². The lowest BCUT2D eigenvalue weighted by Gasteiger charge is -2.56. The third-order valence-corrected chi connectivity index (χ3v) is 8.00. The molecule has 0 bridgehead atoms. The number of fused-ring (bicyclic) bond motifs is 5. The van der Waals surface area contributed by atoms with Gasteiger partial charge in [-0.3, -0.25) is 14.4 Å². The van der Waals surface area contributed by atoms with E-state index in [1.165, 1.54) is 13.8 Å². The highest BCUT2D eigenvalue weighted by Gasteiger charge is 2.60. The lowest BCUT2D eigenvalue weighted by Crippen LogP contribution is -2.52. The molecule has 4 aliphatic carbocycles. The normalized spacial score (nSPS) is 41.4. The standard InChI is InChI=1S/C23H30O5/c1-14(24)27-13-23-11-8-17(26)12-16(23)4-5-18-19-6-7-21(28-15(2)25)22(19,3)10-9-20(18)23/h4-5,12,18-21H,6-11,13H2,1-3H3/t18-,19-,20-,21-,22-,23+/m0/s1. The first kappa shape index (κ1) is 19.4. The van der Waals surface area contributed by atoms with Crippen LogP contribution >= 0.6 is 0 Å². The maximum absolute atomic E-state index is 12.1. The van der Waals surface area contributed by atoms with Crippen LogP contribution in [0.4, 0.5) is 0 Å². The maximum atomic E-state index is 12.1. The Morgan fingerprint density at radius 2 is 1.89 bits per heavy atom. The summed E-state index contributed by atoms with van der Waals surface area (Å²) in [5, 5.41) is 0. The number of esters is 2. The van der Waals surface area contributed by atoms with Gasteiger partial charge in [0.25, 0.3) is 0 Å². The Morgan fingerprint density at radius 1 is 1.11 bits per heavy atom. The average molecular weight is 386 g/mol. The number of hydrogen-bond donors (Lipinski definition) is 0. The molecule has 28 heavy (non-hydrogen) atoms. The fourth-order valence-electron chi connectivity index (χ4n) is 6.66. The fourth-order valence-corrected chi connectivity index (χ4v) is 6.66. The zero-order chi connectivity index (χ0) is 20.1. The minimum atomic E-state index is -0.270. The molecular weight excluding hydrogens is 356 g/mol. The molecule has 2 fully saturated rings. The minimum Gasteiger partial charge on any atom is -0.465 e. The number of carbonyl (C=O) groups excluding carboxylic acids is 3. The summed E-state index contributed by atoms with van der Waals surface area (Å²) in [4.78, 5) is 35.3. The summed E-state index contributed by atoms with van der Waals surface area (Å²) in [7, 11) is 0. The summed E-state index contributed by atoms with van der Waals surface area (Å²) in [6.07, 6.45) is 11.3. The van der Waals surface area contributed by atoms with Crippen LogP contribution in [0.1, 0.15) is 59.3 Å². The van der Waals surface area contributed by atoms with Crippen molar-refractivity contribution in [3.05, 3.63) is 23.8 Å². The lowest BCUT2D eigenvalue weighted by molar-refractivity contribution is -0.157. The first-order chi connectivity index (χ1) is 13.3. The van der Waals surface area contributed by atoms with E-state index in [1.807, 2.05) is 0 Å². The lowest BCUT2D eigenvalue weighted by atomic mass is 9.49. The van der Waals surface area contributed by atoms with Crippen molar-refractivity contribution < 1.29 is 23.9 Å². The van der Waals surface area contributed by atoms with Gasteiger partial charge in [0, 0.05) is 31.1 Å². The van der Waals surface area contributed by atoms with Gasteiger partial charge in [0.1, 0.15) is 12.7 Å². The van der Waals surface area contributed by atoms with E-state index < -0.39 is 0 Å². The molecule has 5 heteroatoms. The molecule has 0 unspecified atom stereocenters. The van der Waals surface area contributed by atoms with E-state index in [-0.39, 0.29) is 34.7 Å². The molecule has 152 valence electrons. The zero-order valence-corrected chi connectivity index (χ0v) is 17.0. The molecule has 0 spiro atoms. The minimum absolute atomic E-state index is 0.00843. The van der Waals surface area contributed by atoms with Gasteiger partial charge >= 0.3 is 11.9 Å². The molecule has 0 amide bonds. The van der Waals surface area contributed by atoms with Gasteiger partial charge in [0.05, 0.1) is 0 Å². The Labute approximate surface area is 166 Å². The van der Waals surface area contributed by atoms with Crippen molar-refractivity contribution in [1.82, 2.24) is 0 Å². The third kappa shape index (κ3) is 2.94. The van der Waals surface area contributed by atoms with Crippen LogP contribution in [0, 0.1) is 28.6 Å². The van der Waals surface area contributed by atoms with Gasteiger partial charge in [-0.25, -0.2) is 0 Å². The predicted molar refractivity (Wildman–Crippen MR) is 103 cm³/mol. The van der Waals surface area contributed by atoms with Crippen molar-refractivity contribution in [2.24, 2.45) is 28.6 Å². The van der Waals surface area contributed by atoms with Gasteiger partial charge in [-0.05, 0) is 61.5 Å². The van der Waals surface area contributed by atoms with Gasteiger partial charge in [0.2, 0.25) is 0 Å². The second kappa shape index (κ2) is 6.85. The Bertz CT molecular complexity index is 765. The largest absolute Gasteiger partial charge is 0.465 e. The molecule has 2 saturated carbocycles. The van der Waals surface area contributed by atoms with Crippen LogP contribution in [0.15, 0.2) is 23.8 Å². The van der Waals surface area contributed by atoms with Crippen molar-refractivity contribution in [1.29, 1.82) is 0 Å². The molecule has 0 aliphatic heterocycles. The topological polar surface area (TPSA) is 69.7 Å². The SMILES string of the molecule is CC(=O)OC[C@]12CCC(=O)C=C1C=C[C@@H]1[C@@H]2CC[C@]2(C)[C@@H](OC(C)=O)CC[C@@H]12. The van der Waals surface area contributed by atoms with Crippen molar-refractivity contribution in [3.63, 3.8) is 0 Å². The van der Waals surface area contributed by atoms with E-state index in [9.17, 15) is 14.4 Å². The summed E-state index contributed by atoms with van der Waals surface area (Å²) in [6, 6.07) is 0.